The summed E-state index contributed by atoms with van der Waals surface area (Å²) in [5, 5.41) is 2.75. The predicted octanol–water partition coefficient (Wildman–Crippen LogP) is 4.34. The zero-order valence-electron chi connectivity index (χ0n) is 12.1. The Morgan fingerprint density at radius 3 is 2.55 bits per heavy atom. The highest BCUT2D eigenvalue weighted by molar-refractivity contribution is 6.02. The van der Waals surface area contributed by atoms with Gasteiger partial charge in [0, 0.05) is 17.4 Å². The number of halogens is 2. The minimum absolute atomic E-state index is 0.0124. The lowest BCUT2D eigenvalue weighted by Crippen LogP contribution is -2.44. The molecule has 0 aromatic heterocycles. The largest absolute Gasteiger partial charge is 0.326 e. The molecule has 2 aromatic carbocycles. The SMILES string of the molecule is C[C@H]1CCc2cc(F)ccc2N1C(=O)Nc1ccc(F)cc1. The average molecular weight is 302 g/mol. The van der Waals surface area contributed by atoms with Gasteiger partial charge in [0.15, 0.2) is 0 Å². The van der Waals surface area contributed by atoms with Gasteiger partial charge in [0.2, 0.25) is 0 Å². The Kier molecular flexibility index (Phi) is 3.79. The minimum Gasteiger partial charge on any atom is -0.308 e. The van der Waals surface area contributed by atoms with Crippen LogP contribution in [-0.2, 0) is 6.42 Å². The third-order valence-electron chi connectivity index (χ3n) is 3.89. The molecule has 3 rings (SSSR count). The number of benzene rings is 2. The molecule has 0 saturated heterocycles. The van der Waals surface area contributed by atoms with E-state index in [1.165, 1.54) is 36.4 Å². The van der Waals surface area contributed by atoms with E-state index in [1.54, 1.807) is 11.0 Å². The van der Waals surface area contributed by atoms with Gasteiger partial charge < -0.3 is 5.32 Å². The quantitative estimate of drug-likeness (QED) is 0.835. The lowest BCUT2D eigenvalue weighted by molar-refractivity contribution is 0.254. The predicted molar refractivity (Wildman–Crippen MR) is 82.1 cm³/mol. The molecule has 0 fully saturated rings. The first-order chi connectivity index (χ1) is 10.5. The number of nitrogens with one attached hydrogen (secondary N) is 1. The molecular formula is C17H16F2N2O. The van der Waals surface area contributed by atoms with Crippen molar-refractivity contribution < 1.29 is 13.6 Å². The zero-order chi connectivity index (χ0) is 15.7. The van der Waals surface area contributed by atoms with E-state index in [2.05, 4.69) is 5.32 Å². The van der Waals surface area contributed by atoms with Crippen LogP contribution in [0.25, 0.3) is 0 Å². The smallest absolute Gasteiger partial charge is 0.308 e. The maximum Gasteiger partial charge on any atom is 0.326 e. The summed E-state index contributed by atoms with van der Waals surface area (Å²) in [6, 6.07) is 9.77. The Balaban J connectivity index is 1.87. The van der Waals surface area contributed by atoms with Gasteiger partial charge in [-0.1, -0.05) is 0 Å². The van der Waals surface area contributed by atoms with E-state index in [0.29, 0.717) is 5.69 Å². The molecule has 1 heterocycles. The summed E-state index contributed by atoms with van der Waals surface area (Å²) < 4.78 is 26.3. The van der Waals surface area contributed by atoms with Crippen LogP contribution in [0.3, 0.4) is 0 Å². The van der Waals surface area contributed by atoms with Crippen LogP contribution in [0.2, 0.25) is 0 Å². The molecule has 0 aliphatic carbocycles. The molecule has 0 bridgehead atoms. The molecule has 2 aromatic rings. The van der Waals surface area contributed by atoms with E-state index in [9.17, 15) is 13.6 Å². The summed E-state index contributed by atoms with van der Waals surface area (Å²) in [5.41, 5.74) is 2.07. The molecule has 0 spiro atoms. The molecule has 1 aliphatic heterocycles. The van der Waals surface area contributed by atoms with Crippen molar-refractivity contribution in [1.82, 2.24) is 0 Å². The van der Waals surface area contributed by atoms with E-state index in [1.807, 2.05) is 6.92 Å². The van der Waals surface area contributed by atoms with Crippen LogP contribution in [-0.4, -0.2) is 12.1 Å². The average Bonchev–Trinajstić information content (AvgIpc) is 2.49. The van der Waals surface area contributed by atoms with Crippen LogP contribution in [0.1, 0.15) is 18.9 Å². The van der Waals surface area contributed by atoms with E-state index < -0.39 is 0 Å². The minimum atomic E-state index is -0.356. The molecule has 0 radical (unpaired) electrons. The summed E-state index contributed by atoms with van der Waals surface area (Å²) in [7, 11) is 0. The van der Waals surface area contributed by atoms with E-state index in [-0.39, 0.29) is 23.7 Å². The second-order valence-electron chi connectivity index (χ2n) is 5.47. The van der Waals surface area contributed by atoms with Crippen molar-refractivity contribution in [1.29, 1.82) is 0 Å². The Labute approximate surface area is 127 Å². The first kappa shape index (κ1) is 14.5. The molecule has 1 atom stereocenters. The highest BCUT2D eigenvalue weighted by Gasteiger charge is 2.28. The van der Waals surface area contributed by atoms with Crippen molar-refractivity contribution in [2.75, 3.05) is 10.2 Å². The van der Waals surface area contributed by atoms with Gasteiger partial charge in [0.25, 0.3) is 0 Å². The second-order valence-corrected chi connectivity index (χ2v) is 5.47. The third-order valence-corrected chi connectivity index (χ3v) is 3.89. The number of carbonyl (C=O) groups excluding carboxylic acids is 1. The second kappa shape index (κ2) is 5.75. The first-order valence-corrected chi connectivity index (χ1v) is 7.19. The van der Waals surface area contributed by atoms with Crippen LogP contribution >= 0.6 is 0 Å². The van der Waals surface area contributed by atoms with Crippen LogP contribution in [0.15, 0.2) is 42.5 Å². The van der Waals surface area contributed by atoms with Crippen LogP contribution in [0.5, 0.6) is 0 Å². The van der Waals surface area contributed by atoms with E-state index in [0.717, 1.165) is 24.1 Å². The highest BCUT2D eigenvalue weighted by atomic mass is 19.1. The standard InChI is InChI=1S/C17H16F2N2O/c1-11-2-3-12-10-14(19)6-9-16(12)21(11)17(22)20-15-7-4-13(18)5-8-15/h4-11H,2-3H2,1H3,(H,20,22)/t11-/m0/s1. The molecule has 2 amide bonds. The third kappa shape index (κ3) is 2.79. The Hall–Kier alpha value is -2.43. The lowest BCUT2D eigenvalue weighted by Gasteiger charge is -2.35. The summed E-state index contributed by atoms with van der Waals surface area (Å²) in [4.78, 5) is 14.2. The topological polar surface area (TPSA) is 32.3 Å². The fraction of sp³-hybridized carbons (Fsp3) is 0.235. The zero-order valence-corrected chi connectivity index (χ0v) is 12.1. The summed E-state index contributed by atoms with van der Waals surface area (Å²) in [5.74, 6) is -0.655. The van der Waals surface area contributed by atoms with E-state index >= 15 is 0 Å². The van der Waals surface area contributed by atoms with Crippen molar-refractivity contribution >= 4 is 17.4 Å². The molecule has 1 aliphatic rings. The van der Waals surface area contributed by atoms with Gasteiger partial charge in [0.05, 0.1) is 0 Å². The maximum absolute atomic E-state index is 13.4. The number of anilines is 2. The molecule has 0 saturated carbocycles. The molecule has 5 heteroatoms. The fourth-order valence-electron chi connectivity index (χ4n) is 2.75. The highest BCUT2D eigenvalue weighted by Crippen LogP contribution is 2.31. The van der Waals surface area contributed by atoms with Crippen LogP contribution < -0.4 is 10.2 Å². The summed E-state index contributed by atoms with van der Waals surface area (Å²) >= 11 is 0. The lowest BCUT2D eigenvalue weighted by atomic mass is 9.97. The molecule has 3 nitrogen and oxygen atoms in total. The van der Waals surface area contributed by atoms with Gasteiger partial charge in [-0.15, -0.1) is 0 Å². The number of aryl methyl sites for hydroxylation is 1. The van der Waals surface area contributed by atoms with Gasteiger partial charge in [-0.05, 0) is 67.8 Å². The normalized spacial score (nSPS) is 17.0. The van der Waals surface area contributed by atoms with Gasteiger partial charge >= 0.3 is 6.03 Å². The molecular weight excluding hydrogens is 286 g/mol. The Morgan fingerprint density at radius 2 is 1.82 bits per heavy atom. The van der Waals surface area contributed by atoms with Crippen molar-refractivity contribution in [2.45, 2.75) is 25.8 Å². The van der Waals surface area contributed by atoms with Gasteiger partial charge in [-0.3, -0.25) is 4.90 Å². The fourth-order valence-corrected chi connectivity index (χ4v) is 2.75. The van der Waals surface area contributed by atoms with Crippen LogP contribution in [0.4, 0.5) is 25.0 Å². The maximum atomic E-state index is 13.4. The summed E-state index contributed by atoms with van der Waals surface area (Å²) in [6.07, 6.45) is 1.52. The number of hydrogen-bond acceptors (Lipinski definition) is 1. The first-order valence-electron chi connectivity index (χ1n) is 7.19. The number of amides is 2. The van der Waals surface area contributed by atoms with Gasteiger partial charge in [-0.25, -0.2) is 13.6 Å². The Bertz CT molecular complexity index is 700. The van der Waals surface area contributed by atoms with Crippen molar-refractivity contribution in [3.05, 3.63) is 59.7 Å². The van der Waals surface area contributed by atoms with Crippen molar-refractivity contribution in [3.63, 3.8) is 0 Å². The van der Waals surface area contributed by atoms with Gasteiger partial charge in [0.1, 0.15) is 11.6 Å². The van der Waals surface area contributed by atoms with E-state index in [4.69, 9.17) is 0 Å². The van der Waals surface area contributed by atoms with Crippen LogP contribution in [0, 0.1) is 11.6 Å². The molecule has 114 valence electrons. The molecule has 1 N–H and O–H groups in total. The molecule has 22 heavy (non-hydrogen) atoms. The summed E-state index contributed by atoms with van der Waals surface area (Å²) in [6.45, 7) is 1.95. The Morgan fingerprint density at radius 1 is 1.14 bits per heavy atom. The number of urea groups is 1. The van der Waals surface area contributed by atoms with Crippen molar-refractivity contribution in [2.24, 2.45) is 0 Å². The number of fused-ring (bicyclic) bond motifs is 1. The number of nitrogens with zero attached hydrogens (tertiary/aromatic N) is 1. The monoisotopic (exact) mass is 302 g/mol. The number of rotatable bonds is 1. The number of hydrogen-bond donors (Lipinski definition) is 1. The van der Waals surface area contributed by atoms with Gasteiger partial charge in [-0.2, -0.15) is 0 Å². The number of carbonyl (C=O) groups is 1. The van der Waals surface area contributed by atoms with Crippen molar-refractivity contribution in [3.8, 4) is 0 Å². The molecule has 0 unspecified atom stereocenters.